The van der Waals surface area contributed by atoms with E-state index >= 15 is 0 Å². The predicted molar refractivity (Wildman–Crippen MR) is 150 cm³/mol. The Hall–Kier alpha value is -3.66. The third kappa shape index (κ3) is 6.51. The molecule has 0 unspecified atom stereocenters. The molecule has 0 aliphatic rings. The van der Waals surface area contributed by atoms with Gasteiger partial charge in [0, 0.05) is 30.4 Å². The molecule has 0 heterocycles. The lowest BCUT2D eigenvalue weighted by Gasteiger charge is -2.33. The molecule has 0 saturated carbocycles. The van der Waals surface area contributed by atoms with E-state index in [9.17, 15) is 9.59 Å². The lowest BCUT2D eigenvalue weighted by Crippen LogP contribution is -2.27. The fraction of sp³-hybridized carbons (Fsp3) is 0.312. The predicted octanol–water partition coefficient (Wildman–Crippen LogP) is 7.65. The zero-order valence-corrected chi connectivity index (χ0v) is 22.4. The zero-order valence-electron chi connectivity index (χ0n) is 22.4. The quantitative estimate of drug-likeness (QED) is 0.264. The SMILES string of the molecule is Cc1ccc(-c2cc(C(=O)/C=C/c3ccc(C(=O)O)cc3)cc(C(C)(C)C)c2N(C)CC(C)C)cc1. The minimum Gasteiger partial charge on any atom is -0.478 e. The van der Waals surface area contributed by atoms with Crippen molar-refractivity contribution in [2.24, 2.45) is 5.92 Å². The van der Waals surface area contributed by atoms with Crippen LogP contribution in [0.25, 0.3) is 17.2 Å². The van der Waals surface area contributed by atoms with Gasteiger partial charge in [-0.25, -0.2) is 4.79 Å². The first-order valence-electron chi connectivity index (χ1n) is 12.4. The van der Waals surface area contributed by atoms with Gasteiger partial charge in [-0.3, -0.25) is 4.79 Å². The molecular weight excluding hydrogens is 446 g/mol. The van der Waals surface area contributed by atoms with E-state index in [1.807, 2.05) is 12.1 Å². The molecule has 0 aromatic heterocycles. The standard InChI is InChI=1S/C32H37NO3/c1-21(2)20-33(7)30-27(24-13-8-22(3)9-14-24)18-26(19-28(30)32(4,5)6)29(34)17-12-23-10-15-25(16-11-23)31(35)36/h8-19,21H,20H2,1-7H3,(H,35,36)/b17-12+. The summed E-state index contributed by atoms with van der Waals surface area (Å²) in [6.07, 6.45) is 3.29. The number of ketones is 1. The highest BCUT2D eigenvalue weighted by molar-refractivity contribution is 6.08. The molecule has 3 aromatic rings. The number of carboxylic acids is 1. The Bertz CT molecular complexity index is 1260. The zero-order chi connectivity index (χ0) is 26.6. The highest BCUT2D eigenvalue weighted by Gasteiger charge is 2.26. The first kappa shape index (κ1) is 26.9. The van der Waals surface area contributed by atoms with Crippen LogP contribution < -0.4 is 4.90 Å². The molecule has 3 rings (SSSR count). The van der Waals surface area contributed by atoms with E-state index in [0.29, 0.717) is 11.5 Å². The van der Waals surface area contributed by atoms with Crippen LogP contribution in [0.2, 0.25) is 0 Å². The highest BCUT2D eigenvalue weighted by atomic mass is 16.4. The van der Waals surface area contributed by atoms with Crippen LogP contribution in [0.5, 0.6) is 0 Å². The van der Waals surface area contributed by atoms with Crippen molar-refractivity contribution < 1.29 is 14.7 Å². The molecule has 0 bridgehead atoms. The van der Waals surface area contributed by atoms with Gasteiger partial charge >= 0.3 is 5.97 Å². The summed E-state index contributed by atoms with van der Waals surface area (Å²) in [7, 11) is 2.13. The molecule has 0 aliphatic carbocycles. The van der Waals surface area contributed by atoms with Crippen LogP contribution in [0.4, 0.5) is 5.69 Å². The summed E-state index contributed by atoms with van der Waals surface area (Å²) >= 11 is 0. The van der Waals surface area contributed by atoms with Gasteiger partial charge < -0.3 is 10.0 Å². The number of hydrogen-bond donors (Lipinski definition) is 1. The number of anilines is 1. The monoisotopic (exact) mass is 483 g/mol. The van der Waals surface area contributed by atoms with Crippen LogP contribution in [0, 0.1) is 12.8 Å². The first-order chi connectivity index (χ1) is 16.9. The van der Waals surface area contributed by atoms with Crippen LogP contribution >= 0.6 is 0 Å². The number of nitrogens with zero attached hydrogens (tertiary/aromatic N) is 1. The molecule has 0 spiro atoms. The maximum atomic E-state index is 13.4. The van der Waals surface area contributed by atoms with Gasteiger partial charge in [-0.2, -0.15) is 0 Å². The summed E-state index contributed by atoms with van der Waals surface area (Å²) in [5.74, 6) is -0.567. The minimum atomic E-state index is -0.970. The van der Waals surface area contributed by atoms with Gasteiger partial charge in [0.15, 0.2) is 5.78 Å². The van der Waals surface area contributed by atoms with Gasteiger partial charge in [0.25, 0.3) is 0 Å². The van der Waals surface area contributed by atoms with E-state index < -0.39 is 5.97 Å². The van der Waals surface area contributed by atoms with Crippen LogP contribution in [-0.4, -0.2) is 30.5 Å². The fourth-order valence-electron chi connectivity index (χ4n) is 4.36. The topological polar surface area (TPSA) is 57.6 Å². The van der Waals surface area contributed by atoms with Crippen molar-refractivity contribution >= 4 is 23.5 Å². The minimum absolute atomic E-state index is 0.0887. The second kappa shape index (κ2) is 10.9. The lowest BCUT2D eigenvalue weighted by molar-refractivity contribution is 0.0696. The van der Waals surface area contributed by atoms with Crippen LogP contribution in [0.3, 0.4) is 0 Å². The molecule has 3 aromatic carbocycles. The van der Waals surface area contributed by atoms with Crippen LogP contribution in [0.15, 0.2) is 66.7 Å². The van der Waals surface area contributed by atoms with Gasteiger partial charge in [-0.05, 0) is 65.3 Å². The summed E-state index contributed by atoms with van der Waals surface area (Å²) < 4.78 is 0. The molecule has 0 aliphatic heterocycles. The third-order valence-electron chi connectivity index (χ3n) is 6.17. The van der Waals surface area contributed by atoms with Gasteiger partial charge in [0.05, 0.1) is 5.56 Å². The normalized spacial score (nSPS) is 11.8. The van der Waals surface area contributed by atoms with Crippen molar-refractivity contribution in [1.29, 1.82) is 0 Å². The Morgan fingerprint density at radius 2 is 1.56 bits per heavy atom. The second-order valence-electron chi connectivity index (χ2n) is 10.9. The molecular formula is C32H37NO3. The Kier molecular flexibility index (Phi) is 8.19. The van der Waals surface area contributed by atoms with Crippen molar-refractivity contribution in [2.45, 2.75) is 47.0 Å². The molecule has 0 amide bonds. The number of hydrogen-bond acceptors (Lipinski definition) is 3. The summed E-state index contributed by atoms with van der Waals surface area (Å²) in [5, 5.41) is 9.10. The van der Waals surface area contributed by atoms with Gasteiger partial charge in [0.2, 0.25) is 0 Å². The molecule has 0 saturated heterocycles. The number of allylic oxidation sites excluding steroid dienone is 1. The average molecular weight is 484 g/mol. The molecule has 1 N–H and O–H groups in total. The summed E-state index contributed by atoms with van der Waals surface area (Å²) in [6, 6.07) is 19.0. The second-order valence-corrected chi connectivity index (χ2v) is 10.9. The van der Waals surface area contributed by atoms with Crippen molar-refractivity contribution in [3.63, 3.8) is 0 Å². The van der Waals surface area contributed by atoms with Crippen LogP contribution in [0.1, 0.15) is 72.0 Å². The van der Waals surface area contributed by atoms with Crippen LogP contribution in [-0.2, 0) is 5.41 Å². The smallest absolute Gasteiger partial charge is 0.335 e. The number of benzene rings is 3. The van der Waals surface area contributed by atoms with Crippen molar-refractivity contribution in [3.05, 3.63) is 94.6 Å². The molecule has 188 valence electrons. The number of carbonyl (C=O) groups is 2. The molecule has 4 heteroatoms. The molecule has 0 fully saturated rings. The summed E-state index contributed by atoms with van der Waals surface area (Å²) in [6.45, 7) is 14.0. The van der Waals surface area contributed by atoms with E-state index in [0.717, 1.165) is 34.5 Å². The van der Waals surface area contributed by atoms with E-state index in [1.54, 1.807) is 36.4 Å². The molecule has 0 radical (unpaired) electrons. The molecule has 36 heavy (non-hydrogen) atoms. The maximum absolute atomic E-state index is 13.4. The molecule has 4 nitrogen and oxygen atoms in total. The van der Waals surface area contributed by atoms with Gasteiger partial charge in [-0.15, -0.1) is 0 Å². The summed E-state index contributed by atoms with van der Waals surface area (Å²) in [4.78, 5) is 26.8. The highest BCUT2D eigenvalue weighted by Crippen LogP contribution is 2.41. The number of carboxylic acid groups (broad SMARTS) is 1. The summed E-state index contributed by atoms with van der Waals surface area (Å²) in [5.41, 5.74) is 7.07. The Labute approximate surface area is 215 Å². The van der Waals surface area contributed by atoms with Crippen molar-refractivity contribution in [2.75, 3.05) is 18.5 Å². The Morgan fingerprint density at radius 1 is 0.944 bits per heavy atom. The lowest BCUT2D eigenvalue weighted by atomic mass is 9.81. The number of rotatable bonds is 8. The number of aromatic carboxylic acids is 1. The number of carbonyl (C=O) groups excluding carboxylic acids is 1. The van der Waals surface area contributed by atoms with Crippen molar-refractivity contribution in [3.8, 4) is 11.1 Å². The van der Waals surface area contributed by atoms with E-state index in [2.05, 4.69) is 77.8 Å². The first-order valence-corrected chi connectivity index (χ1v) is 12.4. The average Bonchev–Trinajstić information content (AvgIpc) is 2.81. The molecule has 0 atom stereocenters. The third-order valence-corrected chi connectivity index (χ3v) is 6.17. The van der Waals surface area contributed by atoms with Gasteiger partial charge in [0.1, 0.15) is 0 Å². The van der Waals surface area contributed by atoms with E-state index in [4.69, 9.17) is 5.11 Å². The van der Waals surface area contributed by atoms with E-state index in [-0.39, 0.29) is 16.8 Å². The maximum Gasteiger partial charge on any atom is 0.335 e. The largest absolute Gasteiger partial charge is 0.478 e. The van der Waals surface area contributed by atoms with Gasteiger partial charge in [-0.1, -0.05) is 82.7 Å². The van der Waals surface area contributed by atoms with E-state index in [1.165, 1.54) is 5.56 Å². The Morgan fingerprint density at radius 3 is 2.08 bits per heavy atom. The fourth-order valence-corrected chi connectivity index (χ4v) is 4.36. The van der Waals surface area contributed by atoms with Crippen molar-refractivity contribution in [1.82, 2.24) is 0 Å². The Balaban J connectivity index is 2.13. The number of aryl methyl sites for hydroxylation is 1.